The van der Waals surface area contributed by atoms with Gasteiger partial charge < -0.3 is 25.0 Å². The molecule has 0 aromatic heterocycles. The molecule has 194 valence electrons. The number of morpholine rings is 1. The van der Waals surface area contributed by atoms with Crippen LogP contribution in [0.15, 0.2) is 54.1 Å². The number of carbonyl (C=O) groups is 2. The first-order valence-corrected chi connectivity index (χ1v) is 13.1. The number of amides is 2. The van der Waals surface area contributed by atoms with Crippen LogP contribution in [0.25, 0.3) is 0 Å². The Morgan fingerprint density at radius 1 is 1.22 bits per heavy atom. The van der Waals surface area contributed by atoms with Gasteiger partial charge in [-0.3, -0.25) is 14.9 Å². The third-order valence-electron chi connectivity index (χ3n) is 7.49. The number of benzene rings is 1. The van der Waals surface area contributed by atoms with Gasteiger partial charge in [0.1, 0.15) is 5.54 Å². The molecule has 9 heteroatoms. The first kappa shape index (κ1) is 26.6. The predicted molar refractivity (Wildman–Crippen MR) is 138 cm³/mol. The van der Waals surface area contributed by atoms with Crippen molar-refractivity contribution in [3.63, 3.8) is 0 Å². The Kier molecular flexibility index (Phi) is 9.01. The second-order valence-electron chi connectivity index (χ2n) is 10.2. The minimum atomic E-state index is -1.68. The summed E-state index contributed by atoms with van der Waals surface area (Å²) in [5.74, 6) is -1.16. The molecule has 36 heavy (non-hydrogen) atoms. The van der Waals surface area contributed by atoms with Crippen LogP contribution in [-0.4, -0.2) is 71.7 Å². The summed E-state index contributed by atoms with van der Waals surface area (Å²) in [4.78, 5) is 28.5. The van der Waals surface area contributed by atoms with E-state index in [1.54, 1.807) is 4.90 Å². The number of hydrogen-bond donors (Lipinski definition) is 4. The van der Waals surface area contributed by atoms with Crippen molar-refractivity contribution in [1.82, 2.24) is 15.5 Å². The van der Waals surface area contributed by atoms with Gasteiger partial charge >= 0.3 is 7.12 Å². The molecule has 4 atom stereocenters. The lowest BCUT2D eigenvalue weighted by Crippen LogP contribution is -2.56. The fraction of sp³-hybridized carbons (Fsp3) is 0.556. The molecule has 2 amide bonds. The van der Waals surface area contributed by atoms with Gasteiger partial charge in [0.2, 0.25) is 11.8 Å². The van der Waals surface area contributed by atoms with Gasteiger partial charge in [-0.25, -0.2) is 0 Å². The topological polar surface area (TPSA) is 111 Å². The van der Waals surface area contributed by atoms with Gasteiger partial charge in [-0.15, -0.1) is 0 Å². The van der Waals surface area contributed by atoms with Crippen molar-refractivity contribution < 1.29 is 24.4 Å². The lowest BCUT2D eigenvalue weighted by atomic mass is 9.76. The van der Waals surface area contributed by atoms with Crippen molar-refractivity contribution in [2.75, 3.05) is 26.3 Å². The van der Waals surface area contributed by atoms with Gasteiger partial charge in [0.15, 0.2) is 0 Å². The minimum absolute atomic E-state index is 0.0552. The van der Waals surface area contributed by atoms with E-state index >= 15 is 0 Å². The van der Waals surface area contributed by atoms with Crippen LogP contribution in [0.5, 0.6) is 0 Å². The van der Waals surface area contributed by atoms with Crippen molar-refractivity contribution in [3.8, 4) is 0 Å². The molecule has 1 aromatic rings. The molecule has 8 nitrogen and oxygen atoms in total. The summed E-state index contributed by atoms with van der Waals surface area (Å²) in [5.41, 5.74) is 1.18. The largest absolute Gasteiger partial charge is 0.475 e. The van der Waals surface area contributed by atoms with E-state index in [1.807, 2.05) is 30.3 Å². The van der Waals surface area contributed by atoms with E-state index in [2.05, 4.69) is 35.8 Å². The molecule has 2 fully saturated rings. The molecule has 3 aliphatic rings. The molecule has 1 saturated heterocycles. The van der Waals surface area contributed by atoms with Gasteiger partial charge in [-0.2, -0.15) is 0 Å². The number of carbonyl (C=O) groups excluding carboxylic acids is 2. The number of hydrogen-bond acceptors (Lipinski definition) is 6. The smallest absolute Gasteiger partial charge is 0.426 e. The molecule has 1 aromatic carbocycles. The zero-order chi connectivity index (χ0) is 25.5. The maximum Gasteiger partial charge on any atom is 0.475 e. The third kappa shape index (κ3) is 6.65. The maximum atomic E-state index is 13.5. The van der Waals surface area contributed by atoms with Gasteiger partial charge in [0.25, 0.3) is 0 Å². The molecule has 0 spiro atoms. The monoisotopic (exact) mass is 495 g/mol. The fourth-order valence-corrected chi connectivity index (χ4v) is 5.02. The fourth-order valence-electron chi connectivity index (χ4n) is 5.02. The second-order valence-corrected chi connectivity index (χ2v) is 10.2. The highest BCUT2D eigenvalue weighted by Gasteiger charge is 2.64. The van der Waals surface area contributed by atoms with E-state index in [0.717, 1.165) is 18.4 Å². The highest BCUT2D eigenvalue weighted by atomic mass is 16.5. The maximum absolute atomic E-state index is 13.5. The Morgan fingerprint density at radius 3 is 2.64 bits per heavy atom. The molecule has 4 rings (SSSR count). The Hall–Kier alpha value is -2.46. The standard InChI is InChI=1S/C27H38BN3O5/c1-20-10-12-21(13-11-20)8-5-9-24(28(34)35)30-26(33)27(29-19-22-6-3-2-4-7-22)18-23(27)25(32)31-14-16-36-17-15-31/h2-4,6-7,10,12-13,20,23-24,29,34-35H,5,8-9,11,14-19H2,1H3,(H,30,33)/t20?,23?,24-,27?/m0/s1. The number of nitrogens with one attached hydrogen (secondary N) is 2. The number of ether oxygens (including phenoxy) is 1. The second kappa shape index (κ2) is 12.2. The van der Waals surface area contributed by atoms with Crippen LogP contribution in [0.3, 0.4) is 0 Å². The summed E-state index contributed by atoms with van der Waals surface area (Å²) in [6.07, 6.45) is 9.91. The third-order valence-corrected chi connectivity index (χ3v) is 7.49. The van der Waals surface area contributed by atoms with Crippen LogP contribution in [0.1, 0.15) is 44.6 Å². The molecule has 4 N–H and O–H groups in total. The molecule has 0 bridgehead atoms. The highest BCUT2D eigenvalue weighted by molar-refractivity contribution is 6.43. The summed E-state index contributed by atoms with van der Waals surface area (Å²) in [5, 5.41) is 26.2. The lowest BCUT2D eigenvalue weighted by molar-refractivity contribution is -0.139. The Bertz CT molecular complexity index is 963. The van der Waals surface area contributed by atoms with Gasteiger partial charge in [-0.1, -0.05) is 61.1 Å². The lowest BCUT2D eigenvalue weighted by Gasteiger charge is -2.29. The normalized spacial score (nSPS) is 26.2. The summed E-state index contributed by atoms with van der Waals surface area (Å²) >= 11 is 0. The number of rotatable bonds is 11. The average molecular weight is 495 g/mol. The Morgan fingerprint density at radius 2 is 1.97 bits per heavy atom. The summed E-state index contributed by atoms with van der Waals surface area (Å²) in [6.45, 7) is 4.65. The molecular weight excluding hydrogens is 457 g/mol. The van der Waals surface area contributed by atoms with E-state index in [0.29, 0.717) is 58.0 Å². The minimum Gasteiger partial charge on any atom is -0.426 e. The first-order chi connectivity index (χ1) is 17.4. The highest BCUT2D eigenvalue weighted by Crippen LogP contribution is 2.45. The molecule has 1 aliphatic heterocycles. The summed E-state index contributed by atoms with van der Waals surface area (Å²) in [7, 11) is -1.68. The first-order valence-electron chi connectivity index (χ1n) is 13.1. The van der Waals surface area contributed by atoms with E-state index < -0.39 is 24.5 Å². The van der Waals surface area contributed by atoms with Gasteiger partial charge in [0.05, 0.1) is 25.1 Å². The van der Waals surface area contributed by atoms with E-state index in [4.69, 9.17) is 4.74 Å². The molecule has 1 saturated carbocycles. The van der Waals surface area contributed by atoms with Crippen LogP contribution in [-0.2, 0) is 20.9 Å². The van der Waals surface area contributed by atoms with E-state index in [-0.39, 0.29) is 11.8 Å². The predicted octanol–water partition coefficient (Wildman–Crippen LogP) is 1.58. The van der Waals surface area contributed by atoms with Crippen LogP contribution in [0.2, 0.25) is 0 Å². The summed E-state index contributed by atoms with van der Waals surface area (Å²) in [6, 6.07) is 9.73. The SMILES string of the molecule is CC1C=CC(CCC[C@H](NC(=O)C2(NCc3ccccc3)CC2C(=O)N2CCOCC2)B(O)O)=CC1. The summed E-state index contributed by atoms with van der Waals surface area (Å²) < 4.78 is 5.37. The molecule has 2 aliphatic carbocycles. The zero-order valence-electron chi connectivity index (χ0n) is 21.1. The number of allylic oxidation sites excluding steroid dienone is 4. The van der Waals surface area contributed by atoms with Crippen LogP contribution in [0, 0.1) is 11.8 Å². The van der Waals surface area contributed by atoms with Gasteiger partial charge in [-0.05, 0) is 43.6 Å². The molecule has 3 unspecified atom stereocenters. The van der Waals surface area contributed by atoms with Crippen molar-refractivity contribution in [3.05, 3.63) is 59.7 Å². The van der Waals surface area contributed by atoms with E-state index in [1.165, 1.54) is 5.57 Å². The van der Waals surface area contributed by atoms with Crippen molar-refractivity contribution in [2.24, 2.45) is 11.8 Å². The Labute approximate surface area is 213 Å². The number of nitrogens with zero attached hydrogens (tertiary/aromatic N) is 1. The van der Waals surface area contributed by atoms with Gasteiger partial charge in [0, 0.05) is 19.6 Å². The molecule has 1 heterocycles. The molecule has 0 radical (unpaired) electrons. The van der Waals surface area contributed by atoms with Crippen molar-refractivity contribution >= 4 is 18.9 Å². The Balaban J connectivity index is 1.40. The zero-order valence-corrected chi connectivity index (χ0v) is 21.1. The molecular formula is C27H38BN3O5. The quantitative estimate of drug-likeness (QED) is 0.347. The van der Waals surface area contributed by atoms with Crippen molar-refractivity contribution in [1.29, 1.82) is 0 Å². The van der Waals surface area contributed by atoms with Crippen molar-refractivity contribution in [2.45, 2.75) is 57.1 Å². The van der Waals surface area contributed by atoms with Crippen LogP contribution < -0.4 is 10.6 Å². The van der Waals surface area contributed by atoms with Crippen LogP contribution in [0.4, 0.5) is 0 Å². The van der Waals surface area contributed by atoms with Crippen LogP contribution >= 0.6 is 0 Å². The average Bonchev–Trinajstić information content (AvgIpc) is 3.64. The van der Waals surface area contributed by atoms with E-state index in [9.17, 15) is 19.6 Å².